The summed E-state index contributed by atoms with van der Waals surface area (Å²) in [4.78, 5) is 3.94. The summed E-state index contributed by atoms with van der Waals surface area (Å²) in [7, 11) is 0. The highest BCUT2D eigenvalue weighted by molar-refractivity contribution is 14.1. The van der Waals surface area contributed by atoms with E-state index in [1.165, 1.54) is 0 Å². The van der Waals surface area contributed by atoms with Crippen LogP contribution in [0.3, 0.4) is 0 Å². The van der Waals surface area contributed by atoms with Crippen LogP contribution in [0.15, 0.2) is 12.3 Å². The first-order valence-electron chi connectivity index (χ1n) is 3.18. The van der Waals surface area contributed by atoms with Gasteiger partial charge < -0.3 is 5.73 Å². The first kappa shape index (κ1) is 9.22. The smallest absolute Gasteiger partial charge is 0.130 e. The number of rotatable bonds is 1. The second-order valence-electron chi connectivity index (χ2n) is 2.32. The Morgan fingerprint density at radius 2 is 2.36 bits per heavy atom. The number of aromatic nitrogens is 1. The molecule has 0 saturated heterocycles. The molecule has 1 aromatic rings. The number of pyridine rings is 1. The molecule has 0 aliphatic carbocycles. The third kappa shape index (κ3) is 2.28. The van der Waals surface area contributed by atoms with Gasteiger partial charge in [-0.3, -0.25) is 0 Å². The minimum Gasteiger partial charge on any atom is -0.324 e. The van der Waals surface area contributed by atoms with Gasteiger partial charge in [-0.15, -0.1) is 0 Å². The maximum atomic E-state index is 5.68. The maximum Gasteiger partial charge on any atom is 0.130 e. The number of nitrogens with zero attached hydrogens (tertiary/aromatic N) is 1. The Kier molecular flexibility index (Phi) is 3.09. The largest absolute Gasteiger partial charge is 0.324 e. The predicted molar refractivity (Wildman–Crippen MR) is 54.6 cm³/mol. The molecule has 2 N–H and O–H groups in total. The monoisotopic (exact) mass is 282 g/mol. The summed E-state index contributed by atoms with van der Waals surface area (Å²) in [5.41, 5.74) is 6.71. The summed E-state index contributed by atoms with van der Waals surface area (Å²) in [6.45, 7) is 1.92. The van der Waals surface area contributed by atoms with Crippen LogP contribution in [0.4, 0.5) is 0 Å². The molecule has 0 radical (unpaired) electrons. The van der Waals surface area contributed by atoms with E-state index in [0.29, 0.717) is 5.15 Å². The molecule has 0 unspecified atom stereocenters. The Morgan fingerprint density at radius 1 is 1.73 bits per heavy atom. The fourth-order valence-corrected chi connectivity index (χ4v) is 2.02. The van der Waals surface area contributed by atoms with E-state index < -0.39 is 0 Å². The Balaban J connectivity index is 3.09. The van der Waals surface area contributed by atoms with E-state index in [9.17, 15) is 0 Å². The van der Waals surface area contributed by atoms with Crippen LogP contribution in [0.5, 0.6) is 0 Å². The number of halogens is 2. The SMILES string of the molecule is C[C@H](N)c1cnc(Cl)cc1I. The molecule has 4 heteroatoms. The highest BCUT2D eigenvalue weighted by Crippen LogP contribution is 2.19. The summed E-state index contributed by atoms with van der Waals surface area (Å²) < 4.78 is 1.07. The summed E-state index contributed by atoms with van der Waals surface area (Å²) >= 11 is 7.86. The maximum absolute atomic E-state index is 5.68. The van der Waals surface area contributed by atoms with Crippen LogP contribution in [0, 0.1) is 3.57 Å². The number of nitrogens with two attached hydrogens (primary N) is 1. The molecule has 0 aromatic carbocycles. The molecule has 1 atom stereocenters. The topological polar surface area (TPSA) is 38.9 Å². The van der Waals surface area contributed by atoms with Crippen LogP contribution in [0.1, 0.15) is 18.5 Å². The van der Waals surface area contributed by atoms with Gasteiger partial charge >= 0.3 is 0 Å². The molecule has 0 aliphatic heterocycles. The lowest BCUT2D eigenvalue weighted by Gasteiger charge is -2.06. The van der Waals surface area contributed by atoms with Crippen LogP contribution in [-0.2, 0) is 0 Å². The third-order valence-electron chi connectivity index (χ3n) is 1.34. The van der Waals surface area contributed by atoms with Gasteiger partial charge in [-0.25, -0.2) is 4.98 Å². The quantitative estimate of drug-likeness (QED) is 0.634. The number of hydrogen-bond donors (Lipinski definition) is 1. The van der Waals surface area contributed by atoms with Gasteiger partial charge in [0.1, 0.15) is 5.15 Å². The molecule has 2 nitrogen and oxygen atoms in total. The second kappa shape index (κ2) is 3.69. The molecule has 1 aromatic heterocycles. The summed E-state index contributed by atoms with van der Waals surface area (Å²) in [6, 6.07) is 1.83. The van der Waals surface area contributed by atoms with E-state index in [2.05, 4.69) is 27.6 Å². The van der Waals surface area contributed by atoms with Gasteiger partial charge in [0.15, 0.2) is 0 Å². The Hall–Kier alpha value is 0.130. The van der Waals surface area contributed by atoms with Crippen LogP contribution in [0.2, 0.25) is 5.15 Å². The number of hydrogen-bond acceptors (Lipinski definition) is 2. The summed E-state index contributed by atoms with van der Waals surface area (Å²) in [6.07, 6.45) is 1.72. The van der Waals surface area contributed by atoms with E-state index in [4.69, 9.17) is 17.3 Å². The zero-order valence-electron chi connectivity index (χ0n) is 6.01. The van der Waals surface area contributed by atoms with E-state index in [0.717, 1.165) is 9.13 Å². The third-order valence-corrected chi connectivity index (χ3v) is 2.48. The van der Waals surface area contributed by atoms with Crippen LogP contribution < -0.4 is 5.73 Å². The van der Waals surface area contributed by atoms with Crippen molar-refractivity contribution in [2.45, 2.75) is 13.0 Å². The van der Waals surface area contributed by atoms with Crippen molar-refractivity contribution in [3.8, 4) is 0 Å². The minimum absolute atomic E-state index is 0.0201. The average molecular weight is 283 g/mol. The van der Waals surface area contributed by atoms with Crippen LogP contribution in [0.25, 0.3) is 0 Å². The van der Waals surface area contributed by atoms with Gasteiger partial charge in [0.05, 0.1) is 0 Å². The molecule has 60 valence electrons. The molecule has 0 amide bonds. The molecule has 0 saturated carbocycles. The highest BCUT2D eigenvalue weighted by Gasteiger charge is 2.04. The van der Waals surface area contributed by atoms with Crippen molar-refractivity contribution in [1.82, 2.24) is 4.98 Å². The average Bonchev–Trinajstić information content (AvgIpc) is 1.85. The normalized spacial score (nSPS) is 13.1. The summed E-state index contributed by atoms with van der Waals surface area (Å²) in [5.74, 6) is 0. The molecule has 0 aliphatic rings. The lowest BCUT2D eigenvalue weighted by Crippen LogP contribution is -2.07. The van der Waals surface area contributed by atoms with E-state index >= 15 is 0 Å². The lowest BCUT2D eigenvalue weighted by atomic mass is 10.2. The zero-order chi connectivity index (χ0) is 8.43. The van der Waals surface area contributed by atoms with Crippen LogP contribution in [-0.4, -0.2) is 4.98 Å². The Labute approximate surface area is 84.3 Å². The predicted octanol–water partition coefficient (Wildman–Crippen LogP) is 2.36. The highest BCUT2D eigenvalue weighted by atomic mass is 127. The van der Waals surface area contributed by atoms with Gasteiger partial charge in [-0.2, -0.15) is 0 Å². The molecule has 0 fully saturated rings. The Bertz CT molecular complexity index is 263. The molecular formula is C7H8ClIN2. The van der Waals surface area contributed by atoms with Crippen molar-refractivity contribution in [3.05, 3.63) is 26.5 Å². The van der Waals surface area contributed by atoms with Crippen molar-refractivity contribution in [1.29, 1.82) is 0 Å². The molecule has 1 heterocycles. The summed E-state index contributed by atoms with van der Waals surface area (Å²) in [5, 5.41) is 0.513. The fraction of sp³-hybridized carbons (Fsp3) is 0.286. The molecular weight excluding hydrogens is 274 g/mol. The van der Waals surface area contributed by atoms with E-state index in [1.54, 1.807) is 12.3 Å². The standard InChI is InChI=1S/C7H8ClIN2/c1-4(10)5-3-11-7(8)2-6(5)9/h2-4H,10H2,1H3/t4-/m0/s1. The van der Waals surface area contributed by atoms with Gasteiger partial charge in [-0.05, 0) is 35.6 Å². The van der Waals surface area contributed by atoms with E-state index in [-0.39, 0.29) is 6.04 Å². The van der Waals surface area contributed by atoms with Crippen molar-refractivity contribution >= 4 is 34.2 Å². The minimum atomic E-state index is 0.0201. The van der Waals surface area contributed by atoms with Gasteiger partial charge in [0, 0.05) is 21.4 Å². The van der Waals surface area contributed by atoms with Crippen LogP contribution >= 0.6 is 34.2 Å². The molecule has 1 rings (SSSR count). The Morgan fingerprint density at radius 3 is 2.82 bits per heavy atom. The molecule has 11 heavy (non-hydrogen) atoms. The lowest BCUT2D eigenvalue weighted by molar-refractivity contribution is 0.806. The fourth-order valence-electron chi connectivity index (χ4n) is 0.753. The van der Waals surface area contributed by atoms with E-state index in [1.807, 2.05) is 6.92 Å². The first-order valence-corrected chi connectivity index (χ1v) is 4.63. The van der Waals surface area contributed by atoms with Crippen molar-refractivity contribution in [3.63, 3.8) is 0 Å². The van der Waals surface area contributed by atoms with Gasteiger partial charge in [0.2, 0.25) is 0 Å². The van der Waals surface area contributed by atoms with Gasteiger partial charge in [-0.1, -0.05) is 11.6 Å². The zero-order valence-corrected chi connectivity index (χ0v) is 8.93. The van der Waals surface area contributed by atoms with Crippen molar-refractivity contribution in [2.24, 2.45) is 5.73 Å². The van der Waals surface area contributed by atoms with Gasteiger partial charge in [0.25, 0.3) is 0 Å². The first-order chi connectivity index (χ1) is 5.11. The van der Waals surface area contributed by atoms with Crippen molar-refractivity contribution < 1.29 is 0 Å². The molecule has 0 bridgehead atoms. The second-order valence-corrected chi connectivity index (χ2v) is 3.87. The molecule has 0 spiro atoms. The van der Waals surface area contributed by atoms with Crippen molar-refractivity contribution in [2.75, 3.05) is 0 Å².